The quantitative estimate of drug-likeness (QED) is 0.516. The highest BCUT2D eigenvalue weighted by Crippen LogP contribution is 2.28. The molecule has 164 valence electrons. The van der Waals surface area contributed by atoms with Gasteiger partial charge in [-0.15, -0.1) is 0 Å². The van der Waals surface area contributed by atoms with Gasteiger partial charge < -0.3 is 4.74 Å². The molecule has 0 amide bonds. The van der Waals surface area contributed by atoms with Crippen molar-refractivity contribution in [3.05, 3.63) is 76.8 Å². The van der Waals surface area contributed by atoms with E-state index in [1.807, 2.05) is 19.9 Å². The molecule has 0 saturated carbocycles. The van der Waals surface area contributed by atoms with Crippen molar-refractivity contribution in [2.75, 3.05) is 16.6 Å². The number of anilines is 2. The van der Waals surface area contributed by atoms with Gasteiger partial charge in [0.25, 0.3) is 20.0 Å². The Morgan fingerprint density at radius 1 is 0.710 bits per heavy atom. The fourth-order valence-corrected chi connectivity index (χ4v) is 5.21. The second-order valence-electron chi connectivity index (χ2n) is 6.83. The van der Waals surface area contributed by atoms with Crippen molar-refractivity contribution >= 4 is 43.0 Å². The molecule has 31 heavy (non-hydrogen) atoms. The van der Waals surface area contributed by atoms with Gasteiger partial charge in [-0.05, 0) is 79.6 Å². The molecule has 3 aromatic rings. The maximum atomic E-state index is 12.6. The molecule has 0 fully saturated rings. The van der Waals surface area contributed by atoms with E-state index in [9.17, 15) is 16.8 Å². The predicted octanol–water partition coefficient (Wildman–Crippen LogP) is 4.57. The number of ether oxygens (including phenoxy) is 1. The van der Waals surface area contributed by atoms with Gasteiger partial charge in [-0.3, -0.25) is 9.44 Å². The number of halogens is 1. The molecular weight excluding hydrogens is 460 g/mol. The molecule has 0 unspecified atom stereocenters. The topological polar surface area (TPSA) is 102 Å². The second-order valence-corrected chi connectivity index (χ2v) is 10.6. The first kappa shape index (κ1) is 22.9. The lowest BCUT2D eigenvalue weighted by atomic mass is 10.1. The summed E-state index contributed by atoms with van der Waals surface area (Å²) in [6.45, 7) is 3.83. The van der Waals surface area contributed by atoms with Crippen LogP contribution in [0, 0.1) is 13.8 Å². The molecular formula is C21H21ClN2O5S2. The summed E-state index contributed by atoms with van der Waals surface area (Å²) >= 11 is 6.00. The highest BCUT2D eigenvalue weighted by Gasteiger charge is 2.18. The molecule has 7 nitrogen and oxygen atoms in total. The average Bonchev–Trinajstić information content (AvgIpc) is 2.70. The van der Waals surface area contributed by atoms with Crippen LogP contribution >= 0.6 is 11.6 Å². The van der Waals surface area contributed by atoms with Gasteiger partial charge in [-0.2, -0.15) is 0 Å². The van der Waals surface area contributed by atoms with Crippen LogP contribution in [0.1, 0.15) is 11.1 Å². The monoisotopic (exact) mass is 480 g/mol. The Labute approximate surface area is 187 Å². The zero-order chi connectivity index (χ0) is 22.8. The highest BCUT2D eigenvalue weighted by molar-refractivity contribution is 7.93. The molecule has 0 saturated heterocycles. The van der Waals surface area contributed by atoms with Crippen LogP contribution in [0.15, 0.2) is 70.5 Å². The van der Waals surface area contributed by atoms with Crippen LogP contribution in [0.3, 0.4) is 0 Å². The van der Waals surface area contributed by atoms with E-state index in [-0.39, 0.29) is 20.5 Å². The third-order valence-corrected chi connectivity index (χ3v) is 7.68. The Morgan fingerprint density at radius 2 is 1.26 bits per heavy atom. The Kier molecular flexibility index (Phi) is 6.49. The predicted molar refractivity (Wildman–Crippen MR) is 122 cm³/mol. The average molecular weight is 481 g/mol. The summed E-state index contributed by atoms with van der Waals surface area (Å²) in [7, 11) is -6.32. The zero-order valence-corrected chi connectivity index (χ0v) is 19.4. The van der Waals surface area contributed by atoms with E-state index in [0.717, 1.165) is 11.1 Å². The van der Waals surface area contributed by atoms with Gasteiger partial charge in [0.1, 0.15) is 5.75 Å². The standard InChI is InChI=1S/C21H21ClN2O5S2/c1-14-4-5-17(12-15(14)2)24-30(25,26)18-8-6-16(7-9-18)23-31(27,28)19-10-11-21(29-3)20(22)13-19/h4-13,23-24H,1-3H3. The minimum atomic E-state index is -3.92. The first-order valence-corrected chi connectivity index (χ1v) is 12.4. The number of hydrogen-bond acceptors (Lipinski definition) is 5. The second kappa shape index (κ2) is 8.78. The molecule has 0 aliphatic heterocycles. The lowest BCUT2D eigenvalue weighted by molar-refractivity contribution is 0.414. The molecule has 0 bridgehead atoms. The molecule has 0 aromatic heterocycles. The number of rotatable bonds is 7. The van der Waals surface area contributed by atoms with Crippen molar-refractivity contribution < 1.29 is 21.6 Å². The third kappa shape index (κ3) is 5.30. The molecule has 3 rings (SSSR count). The smallest absolute Gasteiger partial charge is 0.261 e. The summed E-state index contributed by atoms with van der Waals surface area (Å²) in [6.07, 6.45) is 0. The van der Waals surface area contributed by atoms with Gasteiger partial charge >= 0.3 is 0 Å². The Balaban J connectivity index is 1.79. The largest absolute Gasteiger partial charge is 0.495 e. The SMILES string of the molecule is COc1ccc(S(=O)(=O)Nc2ccc(S(=O)(=O)Nc3ccc(C)c(C)c3)cc2)cc1Cl. The lowest BCUT2D eigenvalue weighted by Crippen LogP contribution is -2.14. The fraction of sp³-hybridized carbons (Fsp3) is 0.143. The Hall–Kier alpha value is -2.75. The molecule has 0 radical (unpaired) electrons. The maximum Gasteiger partial charge on any atom is 0.261 e. The van der Waals surface area contributed by atoms with E-state index in [4.69, 9.17) is 16.3 Å². The lowest BCUT2D eigenvalue weighted by Gasteiger charge is -2.12. The molecule has 2 N–H and O–H groups in total. The maximum absolute atomic E-state index is 12.6. The van der Waals surface area contributed by atoms with E-state index in [2.05, 4.69) is 9.44 Å². The van der Waals surface area contributed by atoms with Crippen molar-refractivity contribution in [3.63, 3.8) is 0 Å². The van der Waals surface area contributed by atoms with E-state index in [1.165, 1.54) is 49.6 Å². The van der Waals surface area contributed by atoms with Crippen LogP contribution in [-0.2, 0) is 20.0 Å². The number of methoxy groups -OCH3 is 1. The number of aryl methyl sites for hydroxylation is 2. The van der Waals surface area contributed by atoms with Crippen LogP contribution in [0.5, 0.6) is 5.75 Å². The van der Waals surface area contributed by atoms with Crippen molar-refractivity contribution in [1.29, 1.82) is 0 Å². The van der Waals surface area contributed by atoms with Gasteiger partial charge in [0.15, 0.2) is 0 Å². The minimum Gasteiger partial charge on any atom is -0.495 e. The van der Waals surface area contributed by atoms with E-state index in [1.54, 1.807) is 12.1 Å². The van der Waals surface area contributed by atoms with E-state index in [0.29, 0.717) is 11.4 Å². The third-order valence-electron chi connectivity index (χ3n) is 4.61. The molecule has 0 heterocycles. The number of sulfonamides is 2. The van der Waals surface area contributed by atoms with Gasteiger partial charge in [0.05, 0.1) is 21.9 Å². The summed E-state index contributed by atoms with van der Waals surface area (Å²) in [5, 5.41) is 0.157. The molecule has 0 aliphatic carbocycles. The first-order chi connectivity index (χ1) is 14.5. The molecule has 0 atom stereocenters. The number of benzene rings is 3. The van der Waals surface area contributed by atoms with Crippen molar-refractivity contribution in [1.82, 2.24) is 0 Å². The van der Waals surface area contributed by atoms with Gasteiger partial charge in [-0.1, -0.05) is 17.7 Å². The normalized spacial score (nSPS) is 11.7. The molecule has 10 heteroatoms. The van der Waals surface area contributed by atoms with Gasteiger partial charge in [0.2, 0.25) is 0 Å². The summed E-state index contributed by atoms with van der Waals surface area (Å²) in [5.74, 6) is 0.353. The molecule has 0 spiro atoms. The fourth-order valence-electron chi connectivity index (χ4n) is 2.75. The summed E-state index contributed by atoms with van der Waals surface area (Å²) < 4.78 is 60.4. The zero-order valence-electron chi connectivity index (χ0n) is 17.0. The van der Waals surface area contributed by atoms with Crippen molar-refractivity contribution in [3.8, 4) is 5.75 Å². The van der Waals surface area contributed by atoms with Crippen LogP contribution in [-0.4, -0.2) is 23.9 Å². The van der Waals surface area contributed by atoms with Crippen LogP contribution in [0.4, 0.5) is 11.4 Å². The van der Waals surface area contributed by atoms with Gasteiger partial charge in [0, 0.05) is 11.4 Å². The van der Waals surface area contributed by atoms with Crippen LogP contribution < -0.4 is 14.2 Å². The molecule has 3 aromatic carbocycles. The molecule has 0 aliphatic rings. The first-order valence-electron chi connectivity index (χ1n) is 9.08. The summed E-state index contributed by atoms with van der Waals surface area (Å²) in [6, 6.07) is 14.7. The summed E-state index contributed by atoms with van der Waals surface area (Å²) in [4.78, 5) is -0.0485. The van der Waals surface area contributed by atoms with Crippen LogP contribution in [0.2, 0.25) is 5.02 Å². The van der Waals surface area contributed by atoms with Gasteiger partial charge in [-0.25, -0.2) is 16.8 Å². The minimum absolute atomic E-state index is 0.00108. The summed E-state index contributed by atoms with van der Waals surface area (Å²) in [5.41, 5.74) is 2.67. The van der Waals surface area contributed by atoms with Crippen molar-refractivity contribution in [2.45, 2.75) is 23.6 Å². The number of nitrogens with one attached hydrogen (secondary N) is 2. The number of hydrogen-bond donors (Lipinski definition) is 2. The van der Waals surface area contributed by atoms with E-state index >= 15 is 0 Å². The Morgan fingerprint density at radius 3 is 1.84 bits per heavy atom. The van der Waals surface area contributed by atoms with Crippen molar-refractivity contribution in [2.24, 2.45) is 0 Å². The van der Waals surface area contributed by atoms with E-state index < -0.39 is 20.0 Å². The highest BCUT2D eigenvalue weighted by atomic mass is 35.5. The Bertz CT molecular complexity index is 1320. The van der Waals surface area contributed by atoms with Crippen LogP contribution in [0.25, 0.3) is 0 Å².